The first-order chi connectivity index (χ1) is 11.8. The van der Waals surface area contributed by atoms with Gasteiger partial charge in [0.1, 0.15) is 11.7 Å². The zero-order chi connectivity index (χ0) is 18.6. The number of likely N-dealkylation sites (N-methyl/N-ethyl adjacent to an activating group) is 1. The summed E-state index contributed by atoms with van der Waals surface area (Å²) in [6.07, 6.45) is -0.239. The Kier molecular flexibility index (Phi) is 5.88. The van der Waals surface area contributed by atoms with Crippen LogP contribution in [0.25, 0.3) is 0 Å². The molecule has 25 heavy (non-hydrogen) atoms. The number of nitro benzene ring substituents is 1. The molecule has 1 saturated heterocycles. The molecule has 0 saturated carbocycles. The predicted octanol–water partition coefficient (Wildman–Crippen LogP) is 0.206. The number of anilines is 2. The van der Waals surface area contributed by atoms with Crippen LogP contribution in [-0.2, 0) is 9.59 Å². The maximum absolute atomic E-state index is 12.2. The summed E-state index contributed by atoms with van der Waals surface area (Å²) in [5.74, 6) is -1.59. The van der Waals surface area contributed by atoms with Crippen LogP contribution in [0.2, 0.25) is 0 Å². The first-order valence-corrected chi connectivity index (χ1v) is 7.77. The number of rotatable bonds is 6. The molecule has 0 aliphatic carbocycles. The number of hydrogen-bond donors (Lipinski definition) is 3. The highest BCUT2D eigenvalue weighted by Gasteiger charge is 2.30. The number of carbonyl (C=O) groups excluding carboxylic acids is 1. The molecule has 0 radical (unpaired) electrons. The van der Waals surface area contributed by atoms with Gasteiger partial charge in [-0.2, -0.15) is 0 Å². The Balaban J connectivity index is 2.03. The summed E-state index contributed by atoms with van der Waals surface area (Å²) in [5.41, 5.74) is 5.39. The summed E-state index contributed by atoms with van der Waals surface area (Å²) in [5, 5.41) is 22.8. The Hall–Kier alpha value is -2.72. The van der Waals surface area contributed by atoms with Crippen molar-refractivity contribution in [1.29, 1.82) is 0 Å². The molecule has 0 bridgehead atoms. The monoisotopic (exact) mass is 351 g/mol. The Bertz CT molecular complexity index is 672. The minimum Gasteiger partial charge on any atom is -0.480 e. The Labute approximate surface area is 144 Å². The average molecular weight is 351 g/mol. The van der Waals surface area contributed by atoms with Gasteiger partial charge in [0.05, 0.1) is 11.3 Å². The first kappa shape index (κ1) is 18.6. The number of nitrogens with two attached hydrogens (primary N) is 1. The number of nitrogen functional groups attached to an aromatic ring is 1. The third-order valence-corrected chi connectivity index (χ3v) is 4.15. The van der Waals surface area contributed by atoms with Crippen molar-refractivity contribution in [3.05, 3.63) is 28.3 Å². The number of nitrogens with zero attached hydrogens (tertiary/aromatic N) is 3. The van der Waals surface area contributed by atoms with Gasteiger partial charge in [0, 0.05) is 37.9 Å². The van der Waals surface area contributed by atoms with Gasteiger partial charge in [-0.25, -0.2) is 0 Å². The quantitative estimate of drug-likeness (QED) is 0.375. The van der Waals surface area contributed by atoms with Gasteiger partial charge in [0.15, 0.2) is 0 Å². The van der Waals surface area contributed by atoms with E-state index >= 15 is 0 Å². The van der Waals surface area contributed by atoms with Crippen LogP contribution >= 0.6 is 0 Å². The van der Waals surface area contributed by atoms with Crippen LogP contribution < -0.4 is 11.1 Å². The molecule has 1 aromatic rings. The van der Waals surface area contributed by atoms with Crippen LogP contribution in [0, 0.1) is 10.1 Å². The fourth-order valence-electron chi connectivity index (χ4n) is 2.67. The molecule has 0 unspecified atom stereocenters. The maximum Gasteiger partial charge on any atom is 0.321 e. The zero-order valence-corrected chi connectivity index (χ0v) is 13.8. The van der Waals surface area contributed by atoms with Gasteiger partial charge in [-0.1, -0.05) is 0 Å². The van der Waals surface area contributed by atoms with Crippen LogP contribution in [0.15, 0.2) is 18.2 Å². The van der Waals surface area contributed by atoms with Crippen molar-refractivity contribution in [1.82, 2.24) is 9.80 Å². The third kappa shape index (κ3) is 4.88. The number of nitrogens with one attached hydrogen (secondary N) is 1. The largest absolute Gasteiger partial charge is 0.480 e. The lowest BCUT2D eigenvalue weighted by Gasteiger charge is -2.35. The molecule has 136 valence electrons. The highest BCUT2D eigenvalue weighted by molar-refractivity contribution is 5.94. The van der Waals surface area contributed by atoms with E-state index in [9.17, 15) is 24.8 Å². The SMILES string of the molecule is CN1CCN([C@@H](CC(=O)Nc2ccc(N)c([N+](=O)[O-])c2)C(=O)O)CC1. The fourth-order valence-corrected chi connectivity index (χ4v) is 2.67. The lowest BCUT2D eigenvalue weighted by molar-refractivity contribution is -0.383. The molecule has 0 spiro atoms. The van der Waals surface area contributed by atoms with E-state index in [1.807, 2.05) is 7.05 Å². The van der Waals surface area contributed by atoms with Crippen molar-refractivity contribution in [2.75, 3.05) is 44.3 Å². The number of nitro groups is 1. The molecular formula is C15H21N5O5. The van der Waals surface area contributed by atoms with Crippen molar-refractivity contribution in [3.8, 4) is 0 Å². The predicted molar refractivity (Wildman–Crippen MR) is 91.2 cm³/mol. The second-order valence-electron chi connectivity index (χ2n) is 5.98. The van der Waals surface area contributed by atoms with Gasteiger partial charge in [0.2, 0.25) is 5.91 Å². The highest BCUT2D eigenvalue weighted by Crippen LogP contribution is 2.25. The summed E-state index contributed by atoms with van der Waals surface area (Å²) >= 11 is 0. The number of carbonyl (C=O) groups is 2. The van der Waals surface area contributed by atoms with E-state index in [4.69, 9.17) is 5.73 Å². The standard InChI is InChI=1S/C15H21N5O5/c1-18-4-6-19(7-5-18)13(15(22)23)9-14(21)17-10-2-3-11(16)12(8-10)20(24)25/h2-3,8,13H,4-7,9,16H2,1H3,(H,17,21)(H,22,23)/t13-/m0/s1. The Morgan fingerprint density at radius 2 is 2.00 bits per heavy atom. The zero-order valence-electron chi connectivity index (χ0n) is 13.8. The van der Waals surface area contributed by atoms with Gasteiger partial charge in [-0.05, 0) is 19.2 Å². The van der Waals surface area contributed by atoms with Crippen LogP contribution in [0.4, 0.5) is 17.1 Å². The molecular weight excluding hydrogens is 330 g/mol. The Morgan fingerprint density at radius 1 is 1.36 bits per heavy atom. The molecule has 0 aromatic heterocycles. The number of amides is 1. The van der Waals surface area contributed by atoms with Crippen LogP contribution in [0.5, 0.6) is 0 Å². The second kappa shape index (κ2) is 7.90. The van der Waals surface area contributed by atoms with Crippen molar-refractivity contribution >= 4 is 28.9 Å². The fraction of sp³-hybridized carbons (Fsp3) is 0.467. The number of aliphatic carboxylic acids is 1. The molecule has 10 heteroatoms. The summed E-state index contributed by atoms with van der Waals surface area (Å²) < 4.78 is 0. The van der Waals surface area contributed by atoms with Gasteiger partial charge < -0.3 is 21.1 Å². The molecule has 1 atom stereocenters. The number of piperazine rings is 1. The molecule has 10 nitrogen and oxygen atoms in total. The number of benzene rings is 1. The van der Waals surface area contributed by atoms with Gasteiger partial charge >= 0.3 is 5.97 Å². The lowest BCUT2D eigenvalue weighted by atomic mass is 10.1. The third-order valence-electron chi connectivity index (χ3n) is 4.15. The molecule has 4 N–H and O–H groups in total. The number of hydrogen-bond acceptors (Lipinski definition) is 7. The molecule has 1 aliphatic heterocycles. The first-order valence-electron chi connectivity index (χ1n) is 7.77. The smallest absolute Gasteiger partial charge is 0.321 e. The van der Waals surface area contributed by atoms with E-state index in [0.717, 1.165) is 19.2 Å². The van der Waals surface area contributed by atoms with Gasteiger partial charge in [-0.3, -0.25) is 24.6 Å². The average Bonchev–Trinajstić information content (AvgIpc) is 2.55. The molecule has 1 aromatic carbocycles. The van der Waals surface area contributed by atoms with Gasteiger partial charge in [0.25, 0.3) is 5.69 Å². The summed E-state index contributed by atoms with van der Waals surface area (Å²) in [4.78, 5) is 37.8. The van der Waals surface area contributed by atoms with Gasteiger partial charge in [-0.15, -0.1) is 0 Å². The summed E-state index contributed by atoms with van der Waals surface area (Å²) in [6.45, 7) is 2.59. The normalized spacial score (nSPS) is 17.0. The van der Waals surface area contributed by atoms with E-state index in [-0.39, 0.29) is 23.5 Å². The molecule has 1 fully saturated rings. The van der Waals surface area contributed by atoms with Crippen molar-refractivity contribution in [3.63, 3.8) is 0 Å². The topological polar surface area (TPSA) is 142 Å². The van der Waals surface area contributed by atoms with E-state index in [0.29, 0.717) is 13.1 Å². The molecule has 1 aliphatic rings. The van der Waals surface area contributed by atoms with E-state index in [1.165, 1.54) is 12.1 Å². The van der Waals surface area contributed by atoms with E-state index in [1.54, 1.807) is 4.90 Å². The molecule has 2 rings (SSSR count). The minimum atomic E-state index is -1.07. The van der Waals surface area contributed by atoms with Crippen molar-refractivity contribution in [2.24, 2.45) is 0 Å². The lowest BCUT2D eigenvalue weighted by Crippen LogP contribution is -2.52. The molecule has 1 amide bonds. The molecule has 1 heterocycles. The summed E-state index contributed by atoms with van der Waals surface area (Å²) in [7, 11) is 1.95. The second-order valence-corrected chi connectivity index (χ2v) is 5.98. The maximum atomic E-state index is 12.2. The van der Waals surface area contributed by atoms with Crippen LogP contribution in [0.3, 0.4) is 0 Å². The minimum absolute atomic E-state index is 0.0103. The summed E-state index contributed by atoms with van der Waals surface area (Å²) in [6, 6.07) is 2.98. The van der Waals surface area contributed by atoms with Crippen molar-refractivity contribution in [2.45, 2.75) is 12.5 Å². The Morgan fingerprint density at radius 3 is 2.56 bits per heavy atom. The highest BCUT2D eigenvalue weighted by atomic mass is 16.6. The van der Waals surface area contributed by atoms with Crippen LogP contribution in [-0.4, -0.2) is 71.0 Å². The number of carboxylic acid groups (broad SMARTS) is 1. The van der Waals surface area contributed by atoms with E-state index in [2.05, 4.69) is 10.2 Å². The van der Waals surface area contributed by atoms with Crippen molar-refractivity contribution < 1.29 is 19.6 Å². The number of carboxylic acids is 1. The van der Waals surface area contributed by atoms with Crippen LogP contribution in [0.1, 0.15) is 6.42 Å². The van der Waals surface area contributed by atoms with E-state index < -0.39 is 22.8 Å².